The minimum atomic E-state index is -0.519. The molecule has 1 rings (SSSR count). The van der Waals surface area contributed by atoms with E-state index in [0.29, 0.717) is 0 Å². The monoisotopic (exact) mass is 293 g/mol. The average molecular weight is 293 g/mol. The standard InChI is InChI=1S/C15H23N3O3/c1-9-6-7-13(21-5)12(8-9)10(2)17-11(3)14(19)18-15(20)16-4/h6-8,10-11,17H,1-5H3,(H2,16,18,19,20)/t10-,11+/m0/s1. The minimum absolute atomic E-state index is 0.0923. The van der Waals surface area contributed by atoms with Crippen molar-refractivity contribution in [2.45, 2.75) is 32.9 Å². The van der Waals surface area contributed by atoms with Crippen LogP contribution < -0.4 is 20.7 Å². The zero-order valence-electron chi connectivity index (χ0n) is 13.1. The van der Waals surface area contributed by atoms with E-state index < -0.39 is 12.1 Å². The number of carbonyl (C=O) groups excluding carboxylic acids is 2. The van der Waals surface area contributed by atoms with Gasteiger partial charge in [0.15, 0.2) is 0 Å². The third-order valence-corrected chi connectivity index (χ3v) is 3.21. The number of hydrogen-bond donors (Lipinski definition) is 3. The summed E-state index contributed by atoms with van der Waals surface area (Å²) in [4.78, 5) is 23.0. The van der Waals surface area contributed by atoms with Gasteiger partial charge in [-0.3, -0.25) is 15.4 Å². The zero-order valence-corrected chi connectivity index (χ0v) is 13.1. The first kappa shape index (κ1) is 17.0. The van der Waals surface area contributed by atoms with Gasteiger partial charge in [-0.1, -0.05) is 17.7 Å². The number of carbonyl (C=O) groups is 2. The minimum Gasteiger partial charge on any atom is -0.496 e. The van der Waals surface area contributed by atoms with Crippen molar-refractivity contribution < 1.29 is 14.3 Å². The Hall–Kier alpha value is -2.08. The second kappa shape index (κ2) is 7.64. The maximum atomic E-state index is 11.8. The molecule has 0 aliphatic rings. The third-order valence-electron chi connectivity index (χ3n) is 3.21. The first-order chi connectivity index (χ1) is 9.88. The molecule has 0 bridgehead atoms. The van der Waals surface area contributed by atoms with Crippen molar-refractivity contribution in [3.05, 3.63) is 29.3 Å². The average Bonchev–Trinajstić information content (AvgIpc) is 2.46. The quantitative estimate of drug-likeness (QED) is 0.768. The molecule has 116 valence electrons. The summed E-state index contributed by atoms with van der Waals surface area (Å²) in [5.41, 5.74) is 2.08. The largest absolute Gasteiger partial charge is 0.496 e. The van der Waals surface area contributed by atoms with Gasteiger partial charge in [-0.2, -0.15) is 0 Å². The molecule has 1 aromatic carbocycles. The maximum Gasteiger partial charge on any atom is 0.321 e. The molecule has 0 fully saturated rings. The van der Waals surface area contributed by atoms with Gasteiger partial charge in [0.1, 0.15) is 5.75 Å². The number of ether oxygens (including phenoxy) is 1. The molecule has 0 heterocycles. The third kappa shape index (κ3) is 4.75. The van der Waals surface area contributed by atoms with E-state index >= 15 is 0 Å². The highest BCUT2D eigenvalue weighted by Gasteiger charge is 2.19. The van der Waals surface area contributed by atoms with Gasteiger partial charge in [-0.15, -0.1) is 0 Å². The fraction of sp³-hybridized carbons (Fsp3) is 0.467. The predicted molar refractivity (Wildman–Crippen MR) is 81.3 cm³/mol. The predicted octanol–water partition coefficient (Wildman–Crippen LogP) is 1.50. The fourth-order valence-electron chi connectivity index (χ4n) is 2.02. The van der Waals surface area contributed by atoms with Gasteiger partial charge < -0.3 is 10.1 Å². The summed E-state index contributed by atoms with van der Waals surface area (Å²) in [5, 5.41) is 7.74. The van der Waals surface area contributed by atoms with Crippen molar-refractivity contribution in [2.24, 2.45) is 0 Å². The van der Waals surface area contributed by atoms with E-state index in [2.05, 4.69) is 16.0 Å². The molecule has 3 N–H and O–H groups in total. The van der Waals surface area contributed by atoms with Gasteiger partial charge >= 0.3 is 6.03 Å². The van der Waals surface area contributed by atoms with Crippen LogP contribution in [0.15, 0.2) is 18.2 Å². The van der Waals surface area contributed by atoms with Crippen molar-refractivity contribution in [3.8, 4) is 5.75 Å². The Bertz CT molecular complexity index is 517. The second-order valence-corrected chi connectivity index (χ2v) is 4.92. The van der Waals surface area contributed by atoms with E-state index in [4.69, 9.17) is 4.74 Å². The van der Waals surface area contributed by atoms with E-state index in [1.165, 1.54) is 7.05 Å². The number of nitrogens with one attached hydrogen (secondary N) is 3. The normalized spacial score (nSPS) is 13.2. The van der Waals surface area contributed by atoms with Crippen molar-refractivity contribution >= 4 is 11.9 Å². The highest BCUT2D eigenvalue weighted by molar-refractivity contribution is 5.96. The fourth-order valence-corrected chi connectivity index (χ4v) is 2.02. The first-order valence-electron chi connectivity index (χ1n) is 6.82. The van der Waals surface area contributed by atoms with Crippen LogP contribution in [0, 0.1) is 6.92 Å². The Morgan fingerprint density at radius 2 is 1.90 bits per heavy atom. The van der Waals surface area contributed by atoms with Crippen LogP contribution in [-0.2, 0) is 4.79 Å². The lowest BCUT2D eigenvalue weighted by Crippen LogP contribution is -2.47. The Labute approximate surface area is 125 Å². The highest BCUT2D eigenvalue weighted by atomic mass is 16.5. The van der Waals surface area contributed by atoms with Crippen LogP contribution in [0.25, 0.3) is 0 Å². The number of methoxy groups -OCH3 is 1. The Balaban J connectivity index is 2.76. The molecule has 3 amide bonds. The van der Waals surface area contributed by atoms with Gasteiger partial charge in [0, 0.05) is 18.7 Å². The zero-order chi connectivity index (χ0) is 16.0. The number of rotatable bonds is 5. The lowest BCUT2D eigenvalue weighted by Gasteiger charge is -2.21. The molecule has 0 aliphatic carbocycles. The van der Waals surface area contributed by atoms with E-state index in [9.17, 15) is 9.59 Å². The molecule has 2 atom stereocenters. The summed E-state index contributed by atoms with van der Waals surface area (Å²) in [5.74, 6) is 0.382. The van der Waals surface area contributed by atoms with Gasteiger partial charge in [0.05, 0.1) is 13.2 Å². The lowest BCUT2D eigenvalue weighted by atomic mass is 10.0. The summed E-state index contributed by atoms with van der Waals surface area (Å²) < 4.78 is 5.34. The first-order valence-corrected chi connectivity index (χ1v) is 6.82. The van der Waals surface area contributed by atoms with Crippen LogP contribution >= 0.6 is 0 Å². The molecule has 0 aromatic heterocycles. The lowest BCUT2D eigenvalue weighted by molar-refractivity contribution is -0.121. The Kier molecular flexibility index (Phi) is 6.17. The number of urea groups is 1. The summed E-state index contributed by atoms with van der Waals surface area (Å²) in [6.45, 7) is 5.65. The van der Waals surface area contributed by atoms with E-state index in [0.717, 1.165) is 16.9 Å². The molecule has 0 spiro atoms. The molecule has 0 saturated heterocycles. The number of aryl methyl sites for hydroxylation is 1. The van der Waals surface area contributed by atoms with Crippen LogP contribution in [-0.4, -0.2) is 32.1 Å². The number of hydrogen-bond acceptors (Lipinski definition) is 4. The molecule has 6 heteroatoms. The summed E-state index contributed by atoms with van der Waals surface area (Å²) >= 11 is 0. The van der Waals surface area contributed by atoms with Crippen LogP contribution in [0.2, 0.25) is 0 Å². The molecule has 1 aromatic rings. The summed E-state index contributed by atoms with van der Waals surface area (Å²) in [6.07, 6.45) is 0. The molecule has 0 saturated carbocycles. The van der Waals surface area contributed by atoms with Gasteiger partial charge in [0.2, 0.25) is 5.91 Å². The van der Waals surface area contributed by atoms with Gasteiger partial charge in [-0.25, -0.2) is 4.79 Å². The van der Waals surface area contributed by atoms with Crippen molar-refractivity contribution in [1.29, 1.82) is 0 Å². The van der Waals surface area contributed by atoms with Crippen LogP contribution in [0.1, 0.15) is 31.0 Å². The van der Waals surface area contributed by atoms with E-state index in [-0.39, 0.29) is 11.9 Å². The maximum absolute atomic E-state index is 11.8. The summed E-state index contributed by atoms with van der Waals surface area (Å²) in [7, 11) is 3.07. The molecule has 0 radical (unpaired) electrons. The SMILES string of the molecule is CNC(=O)NC(=O)[C@@H](C)N[C@@H](C)c1cc(C)ccc1OC. The van der Waals surface area contributed by atoms with E-state index in [1.807, 2.05) is 32.0 Å². The number of benzene rings is 1. The van der Waals surface area contributed by atoms with Crippen molar-refractivity contribution in [3.63, 3.8) is 0 Å². The molecule has 6 nitrogen and oxygen atoms in total. The Morgan fingerprint density at radius 3 is 2.48 bits per heavy atom. The number of imide groups is 1. The Morgan fingerprint density at radius 1 is 1.24 bits per heavy atom. The van der Waals surface area contributed by atoms with Gasteiger partial charge in [-0.05, 0) is 26.8 Å². The number of amides is 3. The molecule has 0 unspecified atom stereocenters. The molecular formula is C15H23N3O3. The van der Waals surface area contributed by atoms with E-state index in [1.54, 1.807) is 14.0 Å². The molecule has 21 heavy (non-hydrogen) atoms. The van der Waals surface area contributed by atoms with Gasteiger partial charge in [0.25, 0.3) is 0 Å². The smallest absolute Gasteiger partial charge is 0.321 e. The van der Waals surface area contributed by atoms with Crippen LogP contribution in [0.4, 0.5) is 4.79 Å². The van der Waals surface area contributed by atoms with Crippen LogP contribution in [0.3, 0.4) is 0 Å². The summed E-state index contributed by atoms with van der Waals surface area (Å²) in [6, 6.07) is 4.76. The highest BCUT2D eigenvalue weighted by Crippen LogP contribution is 2.26. The molecule has 0 aliphatic heterocycles. The second-order valence-electron chi connectivity index (χ2n) is 4.92. The topological polar surface area (TPSA) is 79.5 Å². The van der Waals surface area contributed by atoms with Crippen molar-refractivity contribution in [1.82, 2.24) is 16.0 Å². The molecular weight excluding hydrogens is 270 g/mol. The van der Waals surface area contributed by atoms with Crippen LogP contribution in [0.5, 0.6) is 5.75 Å². The van der Waals surface area contributed by atoms with Crippen molar-refractivity contribution in [2.75, 3.05) is 14.2 Å².